The van der Waals surface area contributed by atoms with E-state index in [-0.39, 0.29) is 11.9 Å². The molecule has 1 aliphatic rings. The number of cyclic esters (lactones) is 1. The van der Waals surface area contributed by atoms with Gasteiger partial charge < -0.3 is 4.74 Å². The Morgan fingerprint density at radius 2 is 1.58 bits per heavy atom. The third kappa shape index (κ3) is 2.40. The lowest BCUT2D eigenvalue weighted by Gasteiger charge is -2.20. The zero-order valence-electron chi connectivity index (χ0n) is 10.3. The number of rotatable bonds is 2. The second-order valence-electron chi connectivity index (χ2n) is 4.40. The summed E-state index contributed by atoms with van der Waals surface area (Å²) < 4.78 is 5.35. The van der Waals surface area contributed by atoms with E-state index in [0.717, 1.165) is 11.1 Å². The molecule has 1 heterocycles. The number of nitrogens with zero attached hydrogens (tertiary/aromatic N) is 1. The largest absolute Gasteiger partial charge is 0.407 e. The summed E-state index contributed by atoms with van der Waals surface area (Å²) in [6, 6.07) is 19.1. The first-order chi connectivity index (χ1) is 9.34. The molecule has 19 heavy (non-hydrogen) atoms. The summed E-state index contributed by atoms with van der Waals surface area (Å²) in [5.74, 6) is -0.119. The molecule has 0 radical (unpaired) electrons. The molecule has 0 aliphatic carbocycles. The fraction of sp³-hybridized carbons (Fsp3) is 0.125. The molecule has 94 valence electrons. The number of benzene rings is 2. The lowest BCUT2D eigenvalue weighted by Crippen LogP contribution is -2.28. The van der Waals surface area contributed by atoms with Gasteiger partial charge >= 0.3 is 5.97 Å². The number of hydrogen-bond donors (Lipinski definition) is 0. The first-order valence-corrected chi connectivity index (χ1v) is 6.21. The Morgan fingerprint density at radius 3 is 2.21 bits per heavy atom. The summed E-state index contributed by atoms with van der Waals surface area (Å²) in [5, 5.41) is 0. The monoisotopic (exact) mass is 251 g/mol. The van der Waals surface area contributed by atoms with E-state index in [1.807, 2.05) is 60.7 Å². The van der Waals surface area contributed by atoms with Gasteiger partial charge in [0.15, 0.2) is 0 Å². The summed E-state index contributed by atoms with van der Waals surface area (Å²) in [6.45, 7) is 0.438. The molecule has 2 aromatic rings. The van der Waals surface area contributed by atoms with E-state index in [9.17, 15) is 4.79 Å². The Hall–Kier alpha value is -2.42. The lowest BCUT2D eigenvalue weighted by molar-refractivity contribution is -0.137. The molecule has 3 heteroatoms. The summed E-state index contributed by atoms with van der Waals surface area (Å²) in [7, 11) is 0. The normalized spacial score (nSPS) is 18.6. The van der Waals surface area contributed by atoms with Crippen molar-refractivity contribution in [2.75, 3.05) is 6.54 Å². The SMILES string of the molecule is O=C1OC(c2ccccc2)=NC[C@H]1c1ccccc1. The van der Waals surface area contributed by atoms with Gasteiger partial charge in [-0.15, -0.1) is 0 Å². The smallest absolute Gasteiger partial charge is 0.322 e. The molecule has 0 saturated heterocycles. The van der Waals surface area contributed by atoms with Gasteiger partial charge in [0, 0.05) is 5.56 Å². The van der Waals surface area contributed by atoms with Crippen molar-refractivity contribution in [3.8, 4) is 0 Å². The standard InChI is InChI=1S/C16H13NO2/c18-16-14(12-7-3-1-4-8-12)11-17-15(19-16)13-9-5-2-6-10-13/h1-10,14H,11H2/t14-/m0/s1. The first kappa shape index (κ1) is 11.7. The Balaban J connectivity index is 1.85. The predicted octanol–water partition coefficient (Wildman–Crippen LogP) is 2.77. The number of esters is 1. The van der Waals surface area contributed by atoms with Gasteiger partial charge in [-0.2, -0.15) is 0 Å². The van der Waals surface area contributed by atoms with Crippen molar-refractivity contribution in [2.45, 2.75) is 5.92 Å². The molecule has 0 aromatic heterocycles. The molecule has 3 nitrogen and oxygen atoms in total. The second kappa shape index (κ2) is 5.06. The third-order valence-electron chi connectivity index (χ3n) is 3.12. The van der Waals surface area contributed by atoms with Crippen LogP contribution in [0.3, 0.4) is 0 Å². The van der Waals surface area contributed by atoms with Gasteiger partial charge in [-0.1, -0.05) is 48.5 Å². The van der Waals surface area contributed by atoms with Gasteiger partial charge in [0.25, 0.3) is 0 Å². The minimum atomic E-state index is -0.298. The fourth-order valence-electron chi connectivity index (χ4n) is 2.11. The van der Waals surface area contributed by atoms with Crippen molar-refractivity contribution in [3.05, 3.63) is 71.8 Å². The number of carbonyl (C=O) groups excluding carboxylic acids is 1. The molecule has 0 bridgehead atoms. The van der Waals surface area contributed by atoms with Gasteiger partial charge in [0.05, 0.1) is 6.54 Å². The van der Waals surface area contributed by atoms with E-state index in [0.29, 0.717) is 12.4 Å². The molecule has 0 saturated carbocycles. The summed E-state index contributed by atoms with van der Waals surface area (Å²) in [4.78, 5) is 16.5. The molecular weight excluding hydrogens is 238 g/mol. The van der Waals surface area contributed by atoms with Crippen LogP contribution in [0.25, 0.3) is 0 Å². The molecule has 3 rings (SSSR count). The average Bonchev–Trinajstić information content (AvgIpc) is 2.49. The van der Waals surface area contributed by atoms with Crippen LogP contribution in [0.2, 0.25) is 0 Å². The van der Waals surface area contributed by atoms with Crippen LogP contribution in [0, 0.1) is 0 Å². The number of hydrogen-bond acceptors (Lipinski definition) is 3. The van der Waals surface area contributed by atoms with E-state index < -0.39 is 0 Å². The zero-order valence-corrected chi connectivity index (χ0v) is 10.3. The topological polar surface area (TPSA) is 38.7 Å². The molecule has 1 atom stereocenters. The number of aliphatic imine (C=N–C) groups is 1. The Kier molecular flexibility index (Phi) is 3.11. The molecule has 0 N–H and O–H groups in total. The average molecular weight is 251 g/mol. The van der Waals surface area contributed by atoms with E-state index in [2.05, 4.69) is 4.99 Å². The maximum Gasteiger partial charge on any atom is 0.322 e. The van der Waals surface area contributed by atoms with Crippen LogP contribution in [0.5, 0.6) is 0 Å². The van der Waals surface area contributed by atoms with Crippen LogP contribution in [-0.4, -0.2) is 18.4 Å². The van der Waals surface area contributed by atoms with Gasteiger partial charge in [0.1, 0.15) is 5.92 Å². The van der Waals surface area contributed by atoms with Gasteiger partial charge in [-0.05, 0) is 17.7 Å². The van der Waals surface area contributed by atoms with Crippen LogP contribution in [0.1, 0.15) is 17.0 Å². The molecule has 0 unspecified atom stereocenters. The summed E-state index contributed by atoms with van der Waals surface area (Å²) in [5.41, 5.74) is 1.78. The molecular formula is C16H13NO2. The number of carbonyl (C=O) groups is 1. The van der Waals surface area contributed by atoms with Crippen molar-refractivity contribution >= 4 is 11.9 Å². The Bertz CT molecular complexity index is 605. The van der Waals surface area contributed by atoms with Crippen molar-refractivity contribution in [1.82, 2.24) is 0 Å². The van der Waals surface area contributed by atoms with Gasteiger partial charge in [-0.3, -0.25) is 4.79 Å². The maximum absolute atomic E-state index is 12.1. The molecule has 0 amide bonds. The quantitative estimate of drug-likeness (QED) is 0.770. The molecule has 1 aliphatic heterocycles. The molecule has 0 fully saturated rings. The van der Waals surface area contributed by atoms with E-state index >= 15 is 0 Å². The minimum absolute atomic E-state index is 0.236. The van der Waals surface area contributed by atoms with E-state index in [1.54, 1.807) is 0 Å². The third-order valence-corrected chi connectivity index (χ3v) is 3.12. The minimum Gasteiger partial charge on any atom is -0.407 e. The second-order valence-corrected chi connectivity index (χ2v) is 4.40. The Labute approximate surface area is 111 Å². The lowest BCUT2D eigenvalue weighted by atomic mass is 9.98. The van der Waals surface area contributed by atoms with Gasteiger partial charge in [-0.25, -0.2) is 4.99 Å². The van der Waals surface area contributed by atoms with Crippen LogP contribution >= 0.6 is 0 Å². The van der Waals surface area contributed by atoms with Crippen molar-refractivity contribution in [3.63, 3.8) is 0 Å². The summed E-state index contributed by atoms with van der Waals surface area (Å²) in [6.07, 6.45) is 0. The van der Waals surface area contributed by atoms with Gasteiger partial charge in [0.2, 0.25) is 5.90 Å². The van der Waals surface area contributed by atoms with Crippen molar-refractivity contribution in [1.29, 1.82) is 0 Å². The number of ether oxygens (including phenoxy) is 1. The highest BCUT2D eigenvalue weighted by atomic mass is 16.5. The highest BCUT2D eigenvalue weighted by molar-refractivity contribution is 6.03. The maximum atomic E-state index is 12.1. The van der Waals surface area contributed by atoms with Crippen LogP contribution in [0.15, 0.2) is 65.7 Å². The van der Waals surface area contributed by atoms with Crippen LogP contribution in [-0.2, 0) is 9.53 Å². The molecule has 0 spiro atoms. The first-order valence-electron chi connectivity index (χ1n) is 6.21. The van der Waals surface area contributed by atoms with E-state index in [4.69, 9.17) is 4.74 Å². The molecule has 2 aromatic carbocycles. The Morgan fingerprint density at radius 1 is 0.947 bits per heavy atom. The zero-order chi connectivity index (χ0) is 13.1. The van der Waals surface area contributed by atoms with Crippen LogP contribution in [0.4, 0.5) is 0 Å². The highest BCUT2D eigenvalue weighted by Gasteiger charge is 2.28. The van der Waals surface area contributed by atoms with Crippen molar-refractivity contribution < 1.29 is 9.53 Å². The fourth-order valence-corrected chi connectivity index (χ4v) is 2.11. The van der Waals surface area contributed by atoms with Crippen molar-refractivity contribution in [2.24, 2.45) is 4.99 Å². The summed E-state index contributed by atoms with van der Waals surface area (Å²) >= 11 is 0. The predicted molar refractivity (Wildman–Crippen MR) is 73.1 cm³/mol. The van der Waals surface area contributed by atoms with Crippen LogP contribution < -0.4 is 0 Å². The highest BCUT2D eigenvalue weighted by Crippen LogP contribution is 2.22. The van der Waals surface area contributed by atoms with E-state index in [1.165, 1.54) is 0 Å².